The molecule has 1 heterocycles. The maximum absolute atomic E-state index is 12.0. The van der Waals surface area contributed by atoms with Crippen molar-refractivity contribution >= 4 is 18.3 Å². The van der Waals surface area contributed by atoms with Crippen molar-refractivity contribution in [3.63, 3.8) is 0 Å². The van der Waals surface area contributed by atoms with Crippen LogP contribution >= 0.6 is 12.4 Å². The zero-order chi connectivity index (χ0) is 11.7. The summed E-state index contributed by atoms with van der Waals surface area (Å²) in [6, 6.07) is 0. The van der Waals surface area contributed by atoms with Crippen LogP contribution in [0.3, 0.4) is 0 Å². The van der Waals surface area contributed by atoms with Crippen molar-refractivity contribution in [2.45, 2.75) is 38.5 Å². The predicted molar refractivity (Wildman–Crippen MR) is 74.8 cm³/mol. The van der Waals surface area contributed by atoms with Gasteiger partial charge < -0.3 is 10.6 Å². The molecule has 0 bridgehead atoms. The minimum Gasteiger partial charge on any atom is -0.356 e. The standard InChI is InChI=1S/C14H24N2O.ClH/c17-14(13-11-3-1-2-4-12(11)13)16-8-6-10-5-7-15-9-10;/h10-13,15H,1-9H2,(H,16,17);1H. The minimum absolute atomic E-state index is 0. The zero-order valence-electron chi connectivity index (χ0n) is 11.0. The van der Waals surface area contributed by atoms with E-state index in [1.54, 1.807) is 0 Å². The Labute approximate surface area is 116 Å². The molecular formula is C14H25ClN2O. The smallest absolute Gasteiger partial charge is 0.223 e. The van der Waals surface area contributed by atoms with Crippen LogP contribution in [0.15, 0.2) is 0 Å². The molecule has 0 radical (unpaired) electrons. The van der Waals surface area contributed by atoms with Crippen LogP contribution in [-0.4, -0.2) is 25.5 Å². The Bertz CT molecular complexity index is 280. The van der Waals surface area contributed by atoms with E-state index < -0.39 is 0 Å². The lowest BCUT2D eigenvalue weighted by atomic mass is 10.0. The quantitative estimate of drug-likeness (QED) is 0.822. The van der Waals surface area contributed by atoms with Crippen molar-refractivity contribution < 1.29 is 4.79 Å². The number of carbonyl (C=O) groups excluding carboxylic acids is 1. The van der Waals surface area contributed by atoms with Crippen molar-refractivity contribution in [3.05, 3.63) is 0 Å². The van der Waals surface area contributed by atoms with Crippen LogP contribution < -0.4 is 10.6 Å². The van der Waals surface area contributed by atoms with Gasteiger partial charge in [-0.2, -0.15) is 0 Å². The molecule has 104 valence electrons. The van der Waals surface area contributed by atoms with Gasteiger partial charge in [-0.1, -0.05) is 12.8 Å². The van der Waals surface area contributed by atoms with E-state index >= 15 is 0 Å². The van der Waals surface area contributed by atoms with E-state index in [2.05, 4.69) is 10.6 Å². The van der Waals surface area contributed by atoms with E-state index in [0.717, 1.165) is 43.8 Å². The summed E-state index contributed by atoms with van der Waals surface area (Å²) < 4.78 is 0. The average Bonchev–Trinajstić information content (AvgIpc) is 2.85. The highest BCUT2D eigenvalue weighted by molar-refractivity contribution is 5.85. The molecule has 1 saturated heterocycles. The van der Waals surface area contributed by atoms with Crippen LogP contribution in [0.25, 0.3) is 0 Å². The number of hydrogen-bond acceptors (Lipinski definition) is 2. The second kappa shape index (κ2) is 6.25. The third-order valence-corrected chi connectivity index (χ3v) is 4.97. The second-order valence-electron chi connectivity index (χ2n) is 6.08. The number of amides is 1. The van der Waals surface area contributed by atoms with Gasteiger partial charge in [-0.15, -0.1) is 12.4 Å². The average molecular weight is 273 g/mol. The van der Waals surface area contributed by atoms with Crippen LogP contribution in [0.1, 0.15) is 38.5 Å². The number of halogens is 1. The molecule has 3 nitrogen and oxygen atoms in total. The number of fused-ring (bicyclic) bond motifs is 1. The molecule has 0 aromatic heterocycles. The van der Waals surface area contributed by atoms with Gasteiger partial charge in [-0.05, 0) is 56.5 Å². The van der Waals surface area contributed by atoms with Crippen molar-refractivity contribution in [3.8, 4) is 0 Å². The molecule has 0 spiro atoms. The van der Waals surface area contributed by atoms with Crippen molar-refractivity contribution in [1.29, 1.82) is 0 Å². The first-order valence-corrected chi connectivity index (χ1v) is 7.34. The molecule has 1 aliphatic heterocycles. The monoisotopic (exact) mass is 272 g/mol. The largest absolute Gasteiger partial charge is 0.356 e. The van der Waals surface area contributed by atoms with Gasteiger partial charge in [0.15, 0.2) is 0 Å². The highest BCUT2D eigenvalue weighted by atomic mass is 35.5. The van der Waals surface area contributed by atoms with E-state index in [4.69, 9.17) is 0 Å². The normalized spacial score (nSPS) is 37.6. The molecule has 18 heavy (non-hydrogen) atoms. The highest BCUT2D eigenvalue weighted by Crippen LogP contribution is 2.55. The molecule has 4 heteroatoms. The Morgan fingerprint density at radius 1 is 1.17 bits per heavy atom. The third kappa shape index (κ3) is 3.00. The summed E-state index contributed by atoms with van der Waals surface area (Å²) in [5.74, 6) is 3.03. The first kappa shape index (κ1) is 14.1. The molecule has 0 aromatic rings. The number of rotatable bonds is 4. The molecule has 3 fully saturated rings. The lowest BCUT2D eigenvalue weighted by Crippen LogP contribution is -2.28. The van der Waals surface area contributed by atoms with Crippen LogP contribution in [0.4, 0.5) is 0 Å². The first-order valence-electron chi connectivity index (χ1n) is 7.34. The topological polar surface area (TPSA) is 41.1 Å². The lowest BCUT2D eigenvalue weighted by Gasteiger charge is -2.09. The van der Waals surface area contributed by atoms with Gasteiger partial charge in [-0.3, -0.25) is 4.79 Å². The Kier molecular flexibility index (Phi) is 4.91. The van der Waals surface area contributed by atoms with E-state index in [-0.39, 0.29) is 12.4 Å². The zero-order valence-corrected chi connectivity index (χ0v) is 11.8. The van der Waals surface area contributed by atoms with E-state index in [1.165, 1.54) is 32.1 Å². The fourth-order valence-electron chi connectivity index (χ4n) is 3.86. The molecule has 2 aliphatic carbocycles. The van der Waals surface area contributed by atoms with E-state index in [9.17, 15) is 4.79 Å². The fourth-order valence-corrected chi connectivity index (χ4v) is 3.86. The summed E-state index contributed by atoms with van der Waals surface area (Å²) in [5, 5.41) is 6.53. The molecule has 0 aromatic carbocycles. The lowest BCUT2D eigenvalue weighted by molar-refractivity contribution is -0.122. The van der Waals surface area contributed by atoms with Crippen molar-refractivity contribution in [1.82, 2.24) is 10.6 Å². The summed E-state index contributed by atoms with van der Waals surface area (Å²) in [4.78, 5) is 12.0. The SMILES string of the molecule is Cl.O=C(NCCC1CCNC1)C1C2CCCCC21. The first-order chi connectivity index (χ1) is 8.36. The second-order valence-corrected chi connectivity index (χ2v) is 6.08. The third-order valence-electron chi connectivity index (χ3n) is 4.97. The molecule has 3 aliphatic rings. The van der Waals surface area contributed by atoms with Gasteiger partial charge in [-0.25, -0.2) is 0 Å². The van der Waals surface area contributed by atoms with Crippen LogP contribution in [-0.2, 0) is 4.79 Å². The van der Waals surface area contributed by atoms with E-state index in [1.807, 2.05) is 0 Å². The molecule has 3 rings (SSSR count). The van der Waals surface area contributed by atoms with Gasteiger partial charge in [0.25, 0.3) is 0 Å². The van der Waals surface area contributed by atoms with Gasteiger partial charge in [0.2, 0.25) is 5.91 Å². The Morgan fingerprint density at radius 3 is 2.50 bits per heavy atom. The molecular weight excluding hydrogens is 248 g/mol. The Balaban J connectivity index is 0.00000120. The summed E-state index contributed by atoms with van der Waals surface area (Å²) in [5.41, 5.74) is 0. The number of hydrogen-bond donors (Lipinski definition) is 2. The van der Waals surface area contributed by atoms with Gasteiger partial charge in [0.05, 0.1) is 0 Å². The Morgan fingerprint density at radius 2 is 1.89 bits per heavy atom. The van der Waals surface area contributed by atoms with Gasteiger partial charge >= 0.3 is 0 Å². The van der Waals surface area contributed by atoms with E-state index in [0.29, 0.717) is 11.8 Å². The molecule has 2 saturated carbocycles. The molecule has 3 atom stereocenters. The van der Waals surface area contributed by atoms with Gasteiger partial charge in [0.1, 0.15) is 0 Å². The number of nitrogens with one attached hydrogen (secondary N) is 2. The highest BCUT2D eigenvalue weighted by Gasteiger charge is 2.54. The van der Waals surface area contributed by atoms with Crippen molar-refractivity contribution in [2.75, 3.05) is 19.6 Å². The van der Waals surface area contributed by atoms with Crippen LogP contribution in [0.2, 0.25) is 0 Å². The summed E-state index contributed by atoms with van der Waals surface area (Å²) >= 11 is 0. The predicted octanol–water partition coefficient (Wildman–Crippen LogP) is 1.96. The minimum atomic E-state index is 0. The van der Waals surface area contributed by atoms with Crippen molar-refractivity contribution in [2.24, 2.45) is 23.7 Å². The van der Waals surface area contributed by atoms with Gasteiger partial charge in [0, 0.05) is 12.5 Å². The molecule has 2 N–H and O–H groups in total. The maximum Gasteiger partial charge on any atom is 0.223 e. The van der Waals surface area contributed by atoms with Crippen LogP contribution in [0.5, 0.6) is 0 Å². The maximum atomic E-state index is 12.0. The fraction of sp³-hybridized carbons (Fsp3) is 0.929. The molecule has 1 amide bonds. The summed E-state index contributed by atoms with van der Waals surface area (Å²) in [6.45, 7) is 3.19. The number of carbonyl (C=O) groups is 1. The molecule has 3 unspecified atom stereocenters. The summed E-state index contributed by atoms with van der Waals surface area (Å²) in [7, 11) is 0. The summed E-state index contributed by atoms with van der Waals surface area (Å²) in [6.07, 6.45) is 7.73. The Hall–Kier alpha value is -0.280. The van der Waals surface area contributed by atoms with Crippen LogP contribution in [0, 0.1) is 23.7 Å².